The molecule has 0 radical (unpaired) electrons. The Kier molecular flexibility index (Phi) is 4.78. The zero-order valence-corrected chi connectivity index (χ0v) is 15.1. The molecule has 0 atom stereocenters. The van der Waals surface area contributed by atoms with Gasteiger partial charge in [-0.05, 0) is 37.5 Å². The van der Waals surface area contributed by atoms with Crippen molar-refractivity contribution in [2.75, 3.05) is 30.3 Å². The first-order chi connectivity index (χ1) is 13.2. The van der Waals surface area contributed by atoms with Crippen molar-refractivity contribution < 1.29 is 4.79 Å². The summed E-state index contributed by atoms with van der Waals surface area (Å²) in [6.45, 7) is 3.87. The van der Waals surface area contributed by atoms with Gasteiger partial charge in [-0.2, -0.15) is 0 Å². The van der Waals surface area contributed by atoms with Crippen molar-refractivity contribution in [2.45, 2.75) is 19.8 Å². The monoisotopic (exact) mass is 363 g/mol. The number of carbonyl (C=O) groups excluding carboxylic acids is 1. The van der Waals surface area contributed by atoms with Gasteiger partial charge in [-0.15, -0.1) is 0 Å². The highest BCUT2D eigenvalue weighted by atomic mass is 16.2. The second-order valence-electron chi connectivity index (χ2n) is 6.59. The number of hydrogen-bond acceptors (Lipinski definition) is 7. The Morgan fingerprint density at radius 1 is 1.19 bits per heavy atom. The summed E-state index contributed by atoms with van der Waals surface area (Å²) in [7, 11) is 0. The summed E-state index contributed by atoms with van der Waals surface area (Å²) in [4.78, 5) is 31.4. The molecule has 2 N–H and O–H groups in total. The fourth-order valence-electron chi connectivity index (χ4n) is 3.12. The molecule has 0 spiro atoms. The lowest BCUT2D eigenvalue weighted by atomic mass is 10.2. The van der Waals surface area contributed by atoms with Gasteiger partial charge in [-0.1, -0.05) is 12.1 Å². The highest BCUT2D eigenvalue weighted by molar-refractivity contribution is 5.87. The van der Waals surface area contributed by atoms with E-state index >= 15 is 0 Å². The van der Waals surface area contributed by atoms with Gasteiger partial charge in [0.25, 0.3) is 0 Å². The van der Waals surface area contributed by atoms with Crippen molar-refractivity contribution >= 4 is 34.4 Å². The minimum Gasteiger partial charge on any atom is -0.345 e. The molecule has 138 valence electrons. The first-order valence-corrected chi connectivity index (χ1v) is 9.02. The molecule has 8 heteroatoms. The van der Waals surface area contributed by atoms with Gasteiger partial charge in [-0.3, -0.25) is 4.79 Å². The molecule has 3 aromatic rings. The number of likely N-dealkylation sites (tertiary alicyclic amines) is 1. The molecule has 2 aromatic heterocycles. The van der Waals surface area contributed by atoms with Crippen LogP contribution in [0, 0.1) is 6.92 Å². The normalized spacial score (nSPS) is 13.7. The van der Waals surface area contributed by atoms with Crippen LogP contribution in [0.4, 0.5) is 17.5 Å². The first kappa shape index (κ1) is 17.1. The van der Waals surface area contributed by atoms with Crippen LogP contribution >= 0.6 is 0 Å². The lowest BCUT2D eigenvalue weighted by Gasteiger charge is -2.15. The van der Waals surface area contributed by atoms with Gasteiger partial charge in [-0.25, -0.2) is 19.9 Å². The SMILES string of the molecule is Cc1cccc(Nc2ncnc3cnc(NCC(=O)N4CCCC4)nc23)c1. The summed E-state index contributed by atoms with van der Waals surface area (Å²) in [6.07, 6.45) is 5.26. The van der Waals surface area contributed by atoms with Gasteiger partial charge in [0.1, 0.15) is 17.4 Å². The van der Waals surface area contributed by atoms with Gasteiger partial charge in [0.05, 0.1) is 12.7 Å². The lowest BCUT2D eigenvalue weighted by Crippen LogP contribution is -2.33. The summed E-state index contributed by atoms with van der Waals surface area (Å²) in [5, 5.41) is 6.30. The first-order valence-electron chi connectivity index (χ1n) is 9.02. The van der Waals surface area contributed by atoms with Crippen LogP contribution in [0.5, 0.6) is 0 Å². The number of aryl methyl sites for hydroxylation is 1. The number of amides is 1. The number of fused-ring (bicyclic) bond motifs is 1. The lowest BCUT2D eigenvalue weighted by molar-refractivity contribution is -0.128. The van der Waals surface area contributed by atoms with Crippen LogP contribution in [-0.4, -0.2) is 50.4 Å². The third kappa shape index (κ3) is 3.94. The van der Waals surface area contributed by atoms with E-state index < -0.39 is 0 Å². The number of hydrogen-bond donors (Lipinski definition) is 2. The van der Waals surface area contributed by atoms with E-state index in [0.29, 0.717) is 22.8 Å². The van der Waals surface area contributed by atoms with Crippen LogP contribution < -0.4 is 10.6 Å². The van der Waals surface area contributed by atoms with Crippen molar-refractivity contribution in [1.29, 1.82) is 0 Å². The molecule has 8 nitrogen and oxygen atoms in total. The molecule has 4 rings (SSSR count). The molecule has 3 heterocycles. The van der Waals surface area contributed by atoms with Crippen LogP contribution in [0.2, 0.25) is 0 Å². The molecular formula is C19H21N7O. The van der Waals surface area contributed by atoms with Gasteiger partial charge >= 0.3 is 0 Å². The molecule has 27 heavy (non-hydrogen) atoms. The summed E-state index contributed by atoms with van der Waals surface area (Å²) in [6, 6.07) is 8.01. The number of benzene rings is 1. The van der Waals surface area contributed by atoms with E-state index in [2.05, 4.69) is 30.6 Å². The number of nitrogens with one attached hydrogen (secondary N) is 2. The maximum atomic E-state index is 12.2. The Morgan fingerprint density at radius 2 is 2.04 bits per heavy atom. The van der Waals surface area contributed by atoms with Crippen molar-refractivity contribution in [1.82, 2.24) is 24.8 Å². The predicted molar refractivity (Wildman–Crippen MR) is 104 cm³/mol. The fraction of sp³-hybridized carbons (Fsp3) is 0.316. The number of rotatable bonds is 5. The molecule has 1 amide bonds. The van der Waals surface area contributed by atoms with E-state index in [1.165, 1.54) is 6.33 Å². The molecule has 1 aromatic carbocycles. The number of anilines is 3. The third-order valence-electron chi connectivity index (χ3n) is 4.51. The average Bonchev–Trinajstić information content (AvgIpc) is 3.21. The molecule has 1 aliphatic heterocycles. The van der Waals surface area contributed by atoms with E-state index in [-0.39, 0.29) is 12.5 Å². The predicted octanol–water partition coefficient (Wildman–Crippen LogP) is 2.51. The maximum absolute atomic E-state index is 12.2. The Hall–Kier alpha value is -3.29. The van der Waals surface area contributed by atoms with Gasteiger partial charge in [0.15, 0.2) is 5.82 Å². The summed E-state index contributed by atoms with van der Waals surface area (Å²) >= 11 is 0. The number of aromatic nitrogens is 4. The number of nitrogens with zero attached hydrogens (tertiary/aromatic N) is 5. The van der Waals surface area contributed by atoms with E-state index in [0.717, 1.165) is 37.2 Å². The molecule has 1 aliphatic rings. The zero-order valence-electron chi connectivity index (χ0n) is 15.1. The highest BCUT2D eigenvalue weighted by Gasteiger charge is 2.17. The minimum absolute atomic E-state index is 0.0682. The molecule has 1 saturated heterocycles. The summed E-state index contributed by atoms with van der Waals surface area (Å²) in [5.41, 5.74) is 3.31. The average molecular weight is 363 g/mol. The number of carbonyl (C=O) groups is 1. The summed E-state index contributed by atoms with van der Waals surface area (Å²) in [5.74, 6) is 1.05. The molecular weight excluding hydrogens is 342 g/mol. The van der Waals surface area contributed by atoms with Crippen LogP contribution in [0.15, 0.2) is 36.8 Å². The Balaban J connectivity index is 1.54. The van der Waals surface area contributed by atoms with Crippen molar-refractivity contribution in [3.05, 3.63) is 42.4 Å². The molecule has 0 unspecified atom stereocenters. The maximum Gasteiger partial charge on any atom is 0.241 e. The van der Waals surface area contributed by atoms with E-state index in [1.54, 1.807) is 6.20 Å². The van der Waals surface area contributed by atoms with Crippen LogP contribution in [0.1, 0.15) is 18.4 Å². The Bertz CT molecular complexity index is 969. The van der Waals surface area contributed by atoms with Crippen molar-refractivity contribution in [3.8, 4) is 0 Å². The highest BCUT2D eigenvalue weighted by Crippen LogP contribution is 2.22. The third-order valence-corrected chi connectivity index (χ3v) is 4.51. The van der Waals surface area contributed by atoms with Gasteiger partial charge < -0.3 is 15.5 Å². The molecule has 0 aliphatic carbocycles. The topological polar surface area (TPSA) is 95.9 Å². The van der Waals surface area contributed by atoms with E-state index in [1.807, 2.05) is 36.1 Å². The quantitative estimate of drug-likeness (QED) is 0.719. The molecule has 0 bridgehead atoms. The largest absolute Gasteiger partial charge is 0.345 e. The van der Waals surface area contributed by atoms with Gasteiger partial charge in [0, 0.05) is 18.8 Å². The second kappa shape index (κ2) is 7.53. The smallest absolute Gasteiger partial charge is 0.241 e. The van der Waals surface area contributed by atoms with Crippen molar-refractivity contribution in [3.63, 3.8) is 0 Å². The zero-order chi connectivity index (χ0) is 18.6. The Labute approximate surface area is 157 Å². The Morgan fingerprint density at radius 3 is 2.85 bits per heavy atom. The summed E-state index contributed by atoms with van der Waals surface area (Å²) < 4.78 is 0. The second-order valence-corrected chi connectivity index (χ2v) is 6.59. The van der Waals surface area contributed by atoms with Crippen LogP contribution in [-0.2, 0) is 4.79 Å². The molecule has 1 fully saturated rings. The van der Waals surface area contributed by atoms with Gasteiger partial charge in [0.2, 0.25) is 11.9 Å². The fourth-order valence-corrected chi connectivity index (χ4v) is 3.12. The van der Waals surface area contributed by atoms with E-state index in [9.17, 15) is 4.79 Å². The van der Waals surface area contributed by atoms with E-state index in [4.69, 9.17) is 0 Å². The minimum atomic E-state index is 0.0682. The molecule has 0 saturated carbocycles. The van der Waals surface area contributed by atoms with Crippen LogP contribution in [0.3, 0.4) is 0 Å². The standard InChI is InChI=1S/C19H21N7O/c1-13-5-4-6-14(9-13)24-18-17-15(22-12-23-18)10-20-19(25-17)21-11-16(27)26-7-2-3-8-26/h4-6,9-10,12H,2-3,7-8,11H2,1H3,(H,20,21,25)(H,22,23,24). The van der Waals surface area contributed by atoms with Crippen molar-refractivity contribution in [2.24, 2.45) is 0 Å². The van der Waals surface area contributed by atoms with Crippen LogP contribution in [0.25, 0.3) is 11.0 Å².